The number of hydrogen-bond donors (Lipinski definition) is 3. The first kappa shape index (κ1) is 26.3. The van der Waals surface area contributed by atoms with E-state index in [1.807, 2.05) is 12.1 Å². The molecule has 2 aromatic carbocycles. The number of carbonyl (C=O) groups excluding carboxylic acids is 1. The van der Waals surface area contributed by atoms with Crippen molar-refractivity contribution in [2.75, 3.05) is 31.9 Å². The zero-order valence-electron chi connectivity index (χ0n) is 23.0. The molecule has 0 bridgehead atoms. The number of nitrogen functional groups attached to an aromatic ring is 1. The molecule has 0 unspecified atom stereocenters. The van der Waals surface area contributed by atoms with Crippen molar-refractivity contribution >= 4 is 22.5 Å². The number of aryl methyl sites for hydroxylation is 1. The average molecular weight is 570 g/mol. The summed E-state index contributed by atoms with van der Waals surface area (Å²) in [6.45, 7) is 6.90. The Morgan fingerprint density at radius 2 is 1.95 bits per heavy atom. The fraction of sp³-hybridized carbons (Fsp3) is 0.258. The highest BCUT2D eigenvalue weighted by Gasteiger charge is 2.26. The second-order valence-corrected chi connectivity index (χ2v) is 11.0. The Hall–Kier alpha value is -4.61. The number of ketones is 1. The van der Waals surface area contributed by atoms with Gasteiger partial charge in [0, 0.05) is 49.7 Å². The van der Waals surface area contributed by atoms with Crippen molar-refractivity contribution in [1.82, 2.24) is 30.0 Å². The van der Waals surface area contributed by atoms with E-state index < -0.39 is 17.4 Å². The first-order chi connectivity index (χ1) is 20.4. The minimum absolute atomic E-state index is 0.00611. The molecule has 0 spiro atoms. The lowest BCUT2D eigenvalue weighted by Gasteiger charge is -2.36. The molecule has 0 saturated carbocycles. The van der Waals surface area contributed by atoms with Crippen molar-refractivity contribution in [1.29, 1.82) is 0 Å². The van der Waals surface area contributed by atoms with E-state index >= 15 is 0 Å². The van der Waals surface area contributed by atoms with Crippen LogP contribution in [0.2, 0.25) is 0 Å². The van der Waals surface area contributed by atoms with E-state index in [2.05, 4.69) is 31.3 Å². The van der Waals surface area contributed by atoms with Gasteiger partial charge in [0.05, 0.1) is 29.3 Å². The van der Waals surface area contributed by atoms with Crippen LogP contribution in [0.3, 0.4) is 0 Å². The van der Waals surface area contributed by atoms with E-state index in [4.69, 9.17) is 10.5 Å². The van der Waals surface area contributed by atoms with Crippen LogP contribution in [-0.2, 0) is 13.0 Å². The van der Waals surface area contributed by atoms with E-state index in [-0.39, 0.29) is 23.0 Å². The Morgan fingerprint density at radius 1 is 1.14 bits per heavy atom. The number of ether oxygens (including phenoxy) is 1. The Bertz CT molecular complexity index is 1820. The van der Waals surface area contributed by atoms with Crippen molar-refractivity contribution in [2.45, 2.75) is 19.9 Å². The van der Waals surface area contributed by atoms with Gasteiger partial charge in [-0.1, -0.05) is 12.1 Å². The molecule has 2 aliphatic heterocycles. The van der Waals surface area contributed by atoms with Crippen LogP contribution in [-0.4, -0.2) is 56.6 Å². The number of nitrogens with zero attached hydrogens (tertiary/aromatic N) is 4. The molecule has 1 saturated heterocycles. The molecule has 4 N–H and O–H groups in total. The van der Waals surface area contributed by atoms with Crippen molar-refractivity contribution < 1.29 is 18.3 Å². The smallest absolute Gasteiger partial charge is 0.219 e. The van der Waals surface area contributed by atoms with Gasteiger partial charge in [0.2, 0.25) is 17.4 Å². The number of halogens is 2. The maximum atomic E-state index is 14.0. The van der Waals surface area contributed by atoms with E-state index in [1.165, 1.54) is 40.3 Å². The summed E-state index contributed by atoms with van der Waals surface area (Å²) < 4.78 is 34.8. The number of para-hydroxylation sites is 1. The Labute approximate surface area is 240 Å². The van der Waals surface area contributed by atoms with Crippen molar-refractivity contribution in [3.63, 3.8) is 0 Å². The molecule has 0 aliphatic carbocycles. The normalized spacial score (nSPS) is 15.5. The summed E-state index contributed by atoms with van der Waals surface area (Å²) >= 11 is 0. The molecule has 0 radical (unpaired) electrons. The van der Waals surface area contributed by atoms with E-state index in [0.29, 0.717) is 22.9 Å². The number of fused-ring (bicyclic) bond motifs is 3. The van der Waals surface area contributed by atoms with Gasteiger partial charge in [-0.3, -0.25) is 9.69 Å². The number of nitrogens with two attached hydrogens (primary N) is 1. The number of aromatic nitrogens is 4. The first-order valence-corrected chi connectivity index (χ1v) is 13.9. The second kappa shape index (κ2) is 10.3. The monoisotopic (exact) mass is 569 g/mol. The maximum Gasteiger partial charge on any atom is 0.219 e. The summed E-state index contributed by atoms with van der Waals surface area (Å²) in [5, 5.41) is 8.76. The molecule has 2 aliphatic rings. The number of nitrogens with one attached hydrogen (secondary N) is 2. The van der Waals surface area contributed by atoms with Gasteiger partial charge < -0.3 is 20.8 Å². The van der Waals surface area contributed by atoms with Crippen LogP contribution in [0.25, 0.3) is 16.6 Å². The van der Waals surface area contributed by atoms with Gasteiger partial charge in [0.1, 0.15) is 5.82 Å². The molecule has 9 nitrogen and oxygen atoms in total. The number of hydrogen-bond acceptors (Lipinski definition) is 7. The molecule has 42 heavy (non-hydrogen) atoms. The minimum atomic E-state index is -0.834. The third-order valence-corrected chi connectivity index (χ3v) is 8.18. The van der Waals surface area contributed by atoms with Crippen molar-refractivity contribution in [3.05, 3.63) is 94.4 Å². The van der Waals surface area contributed by atoms with Crippen LogP contribution in [0.15, 0.2) is 54.9 Å². The molecule has 5 heterocycles. The number of benzene rings is 2. The summed E-state index contributed by atoms with van der Waals surface area (Å²) in [5.74, 6) is -1.61. The number of pyridine rings is 1. The van der Waals surface area contributed by atoms with Gasteiger partial charge in [0.15, 0.2) is 11.6 Å². The highest BCUT2D eigenvalue weighted by molar-refractivity contribution is 6.12. The molecule has 3 aromatic heterocycles. The fourth-order valence-corrected chi connectivity index (χ4v) is 5.79. The third-order valence-electron chi connectivity index (χ3n) is 8.18. The van der Waals surface area contributed by atoms with Crippen molar-refractivity contribution in [3.8, 4) is 17.3 Å². The predicted octanol–water partition coefficient (Wildman–Crippen LogP) is 4.52. The highest BCUT2D eigenvalue weighted by Crippen LogP contribution is 2.32. The number of H-pyrrole nitrogens is 1. The quantitative estimate of drug-likeness (QED) is 0.247. The lowest BCUT2D eigenvalue weighted by molar-refractivity contribution is 0.103. The van der Waals surface area contributed by atoms with E-state index in [0.717, 1.165) is 62.2 Å². The zero-order chi connectivity index (χ0) is 29.0. The van der Waals surface area contributed by atoms with Crippen LogP contribution in [0.4, 0.5) is 14.6 Å². The van der Waals surface area contributed by atoms with Crippen LogP contribution < -0.4 is 15.8 Å². The lowest BCUT2D eigenvalue weighted by Crippen LogP contribution is -2.49. The minimum Gasteiger partial charge on any atom is -0.433 e. The third kappa shape index (κ3) is 4.60. The highest BCUT2D eigenvalue weighted by atomic mass is 19.1. The standard InChI is InChI=1S/C31H29F2N7O2/c1-17-9-28(42-30-23(32)3-2-4-24(30)33)36-14-27(17)40-31(34)21(13-37-40)29(41)26-10-20-22-16-39(15-18-11-35-12-18)8-7-19(22)5-6-25(20)38-26/h2-6,9-10,13-14,18,35,38H,7-8,11-12,15-16,34H2,1H3. The average Bonchev–Trinajstić information content (AvgIpc) is 3.57. The van der Waals surface area contributed by atoms with Gasteiger partial charge in [0.25, 0.3) is 0 Å². The molecule has 11 heteroatoms. The molecule has 0 amide bonds. The second-order valence-electron chi connectivity index (χ2n) is 11.0. The SMILES string of the molecule is Cc1cc(Oc2c(F)cccc2F)ncc1-n1ncc(C(=O)c2cc3c4c(ccc3[nH]2)CCN(CC2CNC2)C4)c1N. The molecule has 7 rings (SSSR count). The predicted molar refractivity (Wildman–Crippen MR) is 154 cm³/mol. The number of rotatable bonds is 7. The van der Waals surface area contributed by atoms with E-state index in [9.17, 15) is 13.6 Å². The first-order valence-electron chi connectivity index (χ1n) is 13.9. The molecule has 0 atom stereocenters. The Balaban J connectivity index is 1.14. The van der Waals surface area contributed by atoms with Gasteiger partial charge in [-0.2, -0.15) is 5.10 Å². The maximum absolute atomic E-state index is 14.0. The van der Waals surface area contributed by atoms with Crippen LogP contribution in [0, 0.1) is 24.5 Å². The van der Waals surface area contributed by atoms with Gasteiger partial charge in [-0.05, 0) is 60.2 Å². The zero-order valence-corrected chi connectivity index (χ0v) is 23.0. The molecule has 1 fully saturated rings. The summed E-state index contributed by atoms with van der Waals surface area (Å²) in [4.78, 5) is 23.6. The molecule has 5 aromatic rings. The van der Waals surface area contributed by atoms with Crippen LogP contribution >= 0.6 is 0 Å². The fourth-order valence-electron chi connectivity index (χ4n) is 5.79. The van der Waals surface area contributed by atoms with Gasteiger partial charge in [-0.25, -0.2) is 18.4 Å². The van der Waals surface area contributed by atoms with E-state index in [1.54, 1.807) is 6.92 Å². The van der Waals surface area contributed by atoms with Gasteiger partial charge >= 0.3 is 0 Å². The summed E-state index contributed by atoms with van der Waals surface area (Å²) in [7, 11) is 0. The van der Waals surface area contributed by atoms with Crippen molar-refractivity contribution in [2.24, 2.45) is 5.92 Å². The van der Waals surface area contributed by atoms with Crippen LogP contribution in [0.1, 0.15) is 32.7 Å². The Kier molecular flexibility index (Phi) is 6.47. The Morgan fingerprint density at radius 3 is 2.69 bits per heavy atom. The molecule has 214 valence electrons. The van der Waals surface area contributed by atoms with Crippen LogP contribution in [0.5, 0.6) is 11.6 Å². The number of anilines is 1. The van der Waals surface area contributed by atoms with Gasteiger partial charge in [-0.15, -0.1) is 0 Å². The topological polar surface area (TPSA) is 114 Å². The number of carbonyl (C=O) groups is 1. The molecular formula is C31H29F2N7O2. The number of aromatic amines is 1. The summed E-state index contributed by atoms with van der Waals surface area (Å²) in [6.07, 6.45) is 3.86. The summed E-state index contributed by atoms with van der Waals surface area (Å²) in [6, 6.07) is 11.1. The molecular weight excluding hydrogens is 540 g/mol. The lowest BCUT2D eigenvalue weighted by atomic mass is 9.94. The largest absolute Gasteiger partial charge is 0.433 e. The summed E-state index contributed by atoms with van der Waals surface area (Å²) in [5.41, 5.74) is 11.8.